The summed E-state index contributed by atoms with van der Waals surface area (Å²) < 4.78 is 0. The Hall–Kier alpha value is -4.72. The fourth-order valence-corrected chi connectivity index (χ4v) is 8.18. The van der Waals surface area contributed by atoms with Crippen molar-refractivity contribution < 1.29 is 10.2 Å². The van der Waals surface area contributed by atoms with Crippen LogP contribution >= 0.6 is 0 Å². The van der Waals surface area contributed by atoms with Crippen LogP contribution in [-0.4, -0.2) is 40.2 Å². The van der Waals surface area contributed by atoms with E-state index in [4.69, 9.17) is 0 Å². The van der Waals surface area contributed by atoms with Crippen molar-refractivity contribution in [3.63, 3.8) is 0 Å². The zero-order valence-corrected chi connectivity index (χ0v) is 30.2. The Labute approximate surface area is 289 Å². The zero-order chi connectivity index (χ0) is 35.2. The van der Waals surface area contributed by atoms with E-state index in [1.165, 1.54) is 0 Å². The van der Waals surface area contributed by atoms with Crippen molar-refractivity contribution in [3.8, 4) is 11.5 Å². The van der Waals surface area contributed by atoms with Crippen LogP contribution in [-0.2, 0) is 30.3 Å². The molecule has 6 rings (SSSR count). The number of rotatable bonds is 12. The molecular weight excluding hydrogens is 608 g/mol. The molecule has 0 saturated heterocycles. The van der Waals surface area contributed by atoms with Crippen molar-refractivity contribution in [1.82, 2.24) is 30.0 Å². The van der Waals surface area contributed by atoms with E-state index >= 15 is 0 Å². The molecule has 0 spiro atoms. The molecule has 0 amide bonds. The maximum absolute atomic E-state index is 11.7. The second-order valence-electron chi connectivity index (χ2n) is 16.7. The van der Waals surface area contributed by atoms with Crippen molar-refractivity contribution >= 4 is 22.1 Å². The van der Waals surface area contributed by atoms with Gasteiger partial charge < -0.3 is 10.2 Å². The van der Waals surface area contributed by atoms with E-state index in [0.29, 0.717) is 19.5 Å². The van der Waals surface area contributed by atoms with Crippen molar-refractivity contribution in [2.24, 2.45) is 10.8 Å². The van der Waals surface area contributed by atoms with Crippen LogP contribution in [0.3, 0.4) is 0 Å². The molecule has 8 heteroatoms. The summed E-state index contributed by atoms with van der Waals surface area (Å²) in [6.45, 7) is 19.0. The van der Waals surface area contributed by atoms with Gasteiger partial charge in [-0.2, -0.15) is 30.0 Å². The van der Waals surface area contributed by atoms with Gasteiger partial charge in [-0.3, -0.25) is 0 Å². The van der Waals surface area contributed by atoms with Gasteiger partial charge in [0.1, 0.15) is 33.6 Å². The molecule has 0 fully saturated rings. The summed E-state index contributed by atoms with van der Waals surface area (Å²) in [7, 11) is 0. The number of fused-ring (bicyclic) bond motifs is 2. The second kappa shape index (κ2) is 12.6. The van der Waals surface area contributed by atoms with Crippen molar-refractivity contribution in [2.75, 3.05) is 0 Å². The molecule has 49 heavy (non-hydrogen) atoms. The molecule has 8 nitrogen and oxygen atoms in total. The van der Waals surface area contributed by atoms with Gasteiger partial charge in [-0.05, 0) is 81.0 Å². The van der Waals surface area contributed by atoms with Crippen LogP contribution in [0, 0.1) is 10.8 Å². The molecule has 0 atom stereocenters. The monoisotopic (exact) mass is 658 g/mol. The third-order valence-corrected chi connectivity index (χ3v) is 9.71. The molecule has 0 aliphatic heterocycles. The van der Waals surface area contributed by atoms with Crippen LogP contribution in [0.15, 0.2) is 84.9 Å². The van der Waals surface area contributed by atoms with Gasteiger partial charge in [-0.15, -0.1) is 0 Å². The molecule has 0 aliphatic rings. The van der Waals surface area contributed by atoms with Gasteiger partial charge in [-0.1, -0.05) is 116 Å². The highest BCUT2D eigenvalue weighted by molar-refractivity contribution is 5.73. The molecule has 2 heterocycles. The molecule has 0 bridgehead atoms. The molecule has 0 radical (unpaired) electrons. The topological polar surface area (TPSA) is 102 Å². The molecule has 0 unspecified atom stereocenters. The fourth-order valence-electron chi connectivity index (χ4n) is 8.18. The molecular formula is C41H50N6O2. The lowest BCUT2D eigenvalue weighted by molar-refractivity contribution is 0.202. The summed E-state index contributed by atoms with van der Waals surface area (Å²) in [5, 5.41) is 42.1. The Balaban J connectivity index is 1.18. The standard InChI is InChI=1S/C41H50N6O2/c1-38(2,26-46-42-32-19-9-10-20-33(32)43-46)24-40(5,6)30-17-13-15-28(36(30)48)23-29-16-14-18-31(37(29)49)41(7,8)25-39(3,4)27-47-44-34-21-11-12-22-35(34)45-47/h9-22,48-49H,23-27H2,1-8H3. The smallest absolute Gasteiger partial charge is 0.122 e. The van der Waals surface area contributed by atoms with Gasteiger partial charge in [0, 0.05) is 6.42 Å². The lowest BCUT2D eigenvalue weighted by Gasteiger charge is -2.36. The first-order chi connectivity index (χ1) is 23.0. The molecule has 256 valence electrons. The van der Waals surface area contributed by atoms with E-state index in [9.17, 15) is 10.2 Å². The third kappa shape index (κ3) is 7.48. The minimum atomic E-state index is -0.330. The van der Waals surface area contributed by atoms with Crippen LogP contribution in [0.4, 0.5) is 0 Å². The molecule has 2 aromatic heterocycles. The average Bonchev–Trinajstić information content (AvgIpc) is 3.59. The lowest BCUT2D eigenvalue weighted by atomic mass is 9.70. The van der Waals surface area contributed by atoms with E-state index in [0.717, 1.165) is 57.2 Å². The van der Waals surface area contributed by atoms with Gasteiger partial charge in [0.15, 0.2) is 0 Å². The summed E-state index contributed by atoms with van der Waals surface area (Å²) >= 11 is 0. The molecule has 0 saturated carbocycles. The number of phenolic OH excluding ortho intramolecular Hbond substituents is 2. The minimum absolute atomic E-state index is 0.145. The molecule has 6 aromatic rings. The Morgan fingerprint density at radius 1 is 0.469 bits per heavy atom. The molecule has 4 aromatic carbocycles. The summed E-state index contributed by atoms with van der Waals surface area (Å²) in [4.78, 5) is 3.59. The van der Waals surface area contributed by atoms with Crippen LogP contribution < -0.4 is 0 Å². The fraction of sp³-hybridized carbons (Fsp3) is 0.415. The van der Waals surface area contributed by atoms with Crippen LogP contribution in [0.25, 0.3) is 22.1 Å². The largest absolute Gasteiger partial charge is 0.507 e. The van der Waals surface area contributed by atoms with E-state index in [1.54, 1.807) is 9.59 Å². The summed E-state index contributed by atoms with van der Waals surface area (Å²) in [6, 6.07) is 27.8. The molecule has 0 aliphatic carbocycles. The highest BCUT2D eigenvalue weighted by Crippen LogP contribution is 2.45. The number of phenols is 2. The van der Waals surface area contributed by atoms with Crippen molar-refractivity contribution in [3.05, 3.63) is 107 Å². The Kier molecular flexibility index (Phi) is 8.80. The van der Waals surface area contributed by atoms with Gasteiger partial charge in [0.25, 0.3) is 0 Å². The van der Waals surface area contributed by atoms with Gasteiger partial charge in [0.05, 0.1) is 13.1 Å². The van der Waals surface area contributed by atoms with Gasteiger partial charge in [-0.25, -0.2) is 0 Å². The Morgan fingerprint density at radius 2 is 0.796 bits per heavy atom. The van der Waals surface area contributed by atoms with Crippen LogP contribution in [0.1, 0.15) is 90.5 Å². The summed E-state index contributed by atoms with van der Waals surface area (Å²) in [6.07, 6.45) is 2.04. The van der Waals surface area contributed by atoms with E-state index in [2.05, 4.69) is 75.8 Å². The third-order valence-electron chi connectivity index (χ3n) is 9.71. The average molecular weight is 659 g/mol. The number of nitrogens with zero attached hydrogens (tertiary/aromatic N) is 6. The Bertz CT molecular complexity index is 1890. The SMILES string of the molecule is CC(C)(Cn1nc2ccccc2n1)CC(C)(C)c1cccc(Cc2cccc(C(C)(C)CC(C)(C)Cn3nc4ccccc4n3)c2O)c1O. The highest BCUT2D eigenvalue weighted by Gasteiger charge is 2.35. The van der Waals surface area contributed by atoms with Crippen LogP contribution in [0.2, 0.25) is 0 Å². The second-order valence-corrected chi connectivity index (χ2v) is 16.7. The first-order valence-corrected chi connectivity index (χ1v) is 17.2. The lowest BCUT2D eigenvalue weighted by Crippen LogP contribution is -2.31. The maximum atomic E-state index is 11.7. The predicted octanol–water partition coefficient (Wildman–Crippen LogP) is 8.97. The van der Waals surface area contributed by atoms with Gasteiger partial charge >= 0.3 is 0 Å². The number of hydrogen-bond acceptors (Lipinski definition) is 6. The Morgan fingerprint density at radius 3 is 1.12 bits per heavy atom. The quantitative estimate of drug-likeness (QED) is 0.136. The number of aromatic hydroxyl groups is 2. The minimum Gasteiger partial charge on any atom is -0.507 e. The van der Waals surface area contributed by atoms with E-state index in [-0.39, 0.29) is 33.2 Å². The first-order valence-electron chi connectivity index (χ1n) is 17.2. The maximum Gasteiger partial charge on any atom is 0.122 e. The van der Waals surface area contributed by atoms with Crippen molar-refractivity contribution in [1.29, 1.82) is 0 Å². The first kappa shape index (κ1) is 34.2. The number of benzene rings is 4. The predicted molar refractivity (Wildman–Crippen MR) is 197 cm³/mol. The highest BCUT2D eigenvalue weighted by atomic mass is 16.3. The zero-order valence-electron chi connectivity index (χ0n) is 30.2. The summed E-state index contributed by atoms with van der Waals surface area (Å²) in [5.41, 5.74) is 6.00. The molecule has 2 N–H and O–H groups in total. The van der Waals surface area contributed by atoms with E-state index in [1.807, 2.05) is 84.9 Å². The number of para-hydroxylation sites is 2. The van der Waals surface area contributed by atoms with Crippen molar-refractivity contribution in [2.45, 2.75) is 98.6 Å². The van der Waals surface area contributed by atoms with E-state index < -0.39 is 0 Å². The summed E-state index contributed by atoms with van der Waals surface area (Å²) in [5.74, 6) is 0.575. The normalized spacial score (nSPS) is 13.1. The van der Waals surface area contributed by atoms with Gasteiger partial charge in [0.2, 0.25) is 0 Å². The number of hydrogen-bond donors (Lipinski definition) is 2. The number of aromatic nitrogens is 6. The van der Waals surface area contributed by atoms with Crippen LogP contribution in [0.5, 0.6) is 11.5 Å².